The summed E-state index contributed by atoms with van der Waals surface area (Å²) < 4.78 is 34.2. The molecular formula is C13H28NO5P. The highest BCUT2D eigenvalue weighted by Gasteiger charge is 2.31. The molecule has 6 nitrogen and oxygen atoms in total. The molecule has 0 spiro atoms. The lowest BCUT2D eigenvalue weighted by atomic mass is 10.5. The van der Waals surface area contributed by atoms with Gasteiger partial charge in [-0.2, -0.15) is 0 Å². The highest BCUT2D eigenvalue weighted by Crippen LogP contribution is 2.48. The molecule has 0 rings (SSSR count). The summed E-state index contributed by atoms with van der Waals surface area (Å²) in [6, 6.07) is 0. The molecule has 0 atom stereocenters. The van der Waals surface area contributed by atoms with Crippen molar-refractivity contribution in [1.29, 1.82) is 0 Å². The number of ether oxygens (including phenoxy) is 2. The van der Waals surface area contributed by atoms with Crippen molar-refractivity contribution in [3.8, 4) is 0 Å². The van der Waals surface area contributed by atoms with Crippen LogP contribution >= 0.6 is 7.60 Å². The third-order valence-corrected chi connectivity index (χ3v) is 4.30. The van der Waals surface area contributed by atoms with Gasteiger partial charge in [0.2, 0.25) is 6.41 Å². The largest absolute Gasteiger partial charge is 0.344 e. The molecule has 120 valence electrons. The van der Waals surface area contributed by atoms with Crippen molar-refractivity contribution in [2.75, 3.05) is 39.3 Å². The van der Waals surface area contributed by atoms with Gasteiger partial charge in [0.05, 0.1) is 13.2 Å². The fourth-order valence-corrected chi connectivity index (χ4v) is 3.37. The Morgan fingerprint density at radius 1 is 1.05 bits per heavy atom. The summed E-state index contributed by atoms with van der Waals surface area (Å²) in [5.74, 6) is 0. The summed E-state index contributed by atoms with van der Waals surface area (Å²) in [7, 11) is -3.19. The van der Waals surface area contributed by atoms with Crippen molar-refractivity contribution < 1.29 is 23.1 Å². The zero-order chi connectivity index (χ0) is 15.4. The summed E-state index contributed by atoms with van der Waals surface area (Å²) in [4.78, 5) is 1.76. The van der Waals surface area contributed by atoms with Gasteiger partial charge in [0.25, 0.3) is 0 Å². The standard InChI is InChI=1S/C13H28NO5P/c1-6-11-14(13(16-7-2)17-8-3)12-20(15,18-9-4)19-10-5/h6,13H,1,7-12H2,2-5H3. The molecule has 0 aromatic heterocycles. The van der Waals surface area contributed by atoms with Crippen LogP contribution in [-0.4, -0.2) is 50.6 Å². The molecule has 0 unspecified atom stereocenters. The van der Waals surface area contributed by atoms with Crippen LogP contribution in [-0.2, 0) is 23.1 Å². The van der Waals surface area contributed by atoms with Crippen molar-refractivity contribution in [1.82, 2.24) is 4.90 Å². The maximum Gasteiger partial charge on any atom is 0.344 e. The Morgan fingerprint density at radius 3 is 1.90 bits per heavy atom. The zero-order valence-corrected chi connectivity index (χ0v) is 13.9. The molecule has 0 aromatic rings. The fourth-order valence-electron chi connectivity index (χ4n) is 1.66. The molecule has 0 radical (unpaired) electrons. The Labute approximate surface area is 122 Å². The van der Waals surface area contributed by atoms with Gasteiger partial charge in [0.1, 0.15) is 6.29 Å². The van der Waals surface area contributed by atoms with Gasteiger partial charge in [0.15, 0.2) is 0 Å². The number of hydrogen-bond acceptors (Lipinski definition) is 6. The van der Waals surface area contributed by atoms with Gasteiger partial charge < -0.3 is 18.5 Å². The average Bonchev–Trinajstić information content (AvgIpc) is 2.38. The van der Waals surface area contributed by atoms with E-state index >= 15 is 0 Å². The van der Waals surface area contributed by atoms with E-state index in [9.17, 15) is 4.57 Å². The number of rotatable bonds is 13. The summed E-state index contributed by atoms with van der Waals surface area (Å²) in [5.41, 5.74) is 0. The Balaban J connectivity index is 4.93. The monoisotopic (exact) mass is 309 g/mol. The molecule has 0 aliphatic heterocycles. The fraction of sp³-hybridized carbons (Fsp3) is 0.846. The molecule has 7 heteroatoms. The van der Waals surface area contributed by atoms with Crippen molar-refractivity contribution in [3.05, 3.63) is 12.7 Å². The van der Waals surface area contributed by atoms with E-state index < -0.39 is 14.0 Å². The topological polar surface area (TPSA) is 57.2 Å². The second-order valence-electron chi connectivity index (χ2n) is 3.87. The van der Waals surface area contributed by atoms with E-state index in [1.807, 2.05) is 13.8 Å². The van der Waals surface area contributed by atoms with E-state index in [1.165, 1.54) is 0 Å². The van der Waals surface area contributed by atoms with Gasteiger partial charge >= 0.3 is 7.60 Å². The molecule has 0 bridgehead atoms. The summed E-state index contributed by atoms with van der Waals surface area (Å²) in [5, 5.41) is 0. The van der Waals surface area contributed by atoms with Gasteiger partial charge in [-0.15, -0.1) is 6.58 Å². The Bertz CT molecular complexity index is 284. The molecule has 0 amide bonds. The van der Waals surface area contributed by atoms with E-state index in [4.69, 9.17) is 18.5 Å². The van der Waals surface area contributed by atoms with Crippen LogP contribution in [0.25, 0.3) is 0 Å². The first-order chi connectivity index (χ1) is 9.56. The minimum atomic E-state index is -3.19. The smallest absolute Gasteiger partial charge is 0.340 e. The van der Waals surface area contributed by atoms with Crippen molar-refractivity contribution in [2.24, 2.45) is 0 Å². The van der Waals surface area contributed by atoms with Crippen LogP contribution < -0.4 is 0 Å². The van der Waals surface area contributed by atoms with E-state index in [1.54, 1.807) is 24.8 Å². The minimum absolute atomic E-state index is 0.103. The quantitative estimate of drug-likeness (QED) is 0.296. The van der Waals surface area contributed by atoms with Crippen LogP contribution in [0.15, 0.2) is 12.7 Å². The molecule has 0 saturated carbocycles. The van der Waals surface area contributed by atoms with Crippen LogP contribution in [0.2, 0.25) is 0 Å². The molecule has 20 heavy (non-hydrogen) atoms. The highest BCUT2D eigenvalue weighted by molar-refractivity contribution is 7.53. The van der Waals surface area contributed by atoms with E-state index in [2.05, 4.69) is 6.58 Å². The van der Waals surface area contributed by atoms with Gasteiger partial charge in [-0.25, -0.2) is 4.90 Å². The second kappa shape index (κ2) is 11.4. The van der Waals surface area contributed by atoms with Crippen LogP contribution in [0, 0.1) is 0 Å². The van der Waals surface area contributed by atoms with Gasteiger partial charge in [0, 0.05) is 19.8 Å². The molecule has 0 aliphatic rings. The molecule has 0 heterocycles. The predicted molar refractivity (Wildman–Crippen MR) is 79.7 cm³/mol. The first-order valence-electron chi connectivity index (χ1n) is 7.03. The second-order valence-corrected chi connectivity index (χ2v) is 5.89. The third kappa shape index (κ3) is 7.53. The molecule has 0 saturated heterocycles. The maximum atomic E-state index is 12.6. The Hall–Kier alpha value is -0.230. The molecule has 0 N–H and O–H groups in total. The first kappa shape index (κ1) is 19.8. The van der Waals surface area contributed by atoms with Gasteiger partial charge in [-0.05, 0) is 27.7 Å². The Kier molecular flexibility index (Phi) is 11.3. The number of hydrogen-bond donors (Lipinski definition) is 0. The average molecular weight is 309 g/mol. The molecular weight excluding hydrogens is 281 g/mol. The predicted octanol–water partition coefficient (Wildman–Crippen LogP) is 3.05. The maximum absolute atomic E-state index is 12.6. The molecule has 0 aliphatic carbocycles. The molecule has 0 fully saturated rings. The van der Waals surface area contributed by atoms with Crippen LogP contribution in [0.3, 0.4) is 0 Å². The highest BCUT2D eigenvalue weighted by atomic mass is 31.2. The third-order valence-electron chi connectivity index (χ3n) is 2.29. The minimum Gasteiger partial charge on any atom is -0.340 e. The van der Waals surface area contributed by atoms with Crippen molar-refractivity contribution in [3.63, 3.8) is 0 Å². The van der Waals surface area contributed by atoms with E-state index in [0.717, 1.165) is 0 Å². The van der Waals surface area contributed by atoms with Gasteiger partial charge in [-0.3, -0.25) is 4.57 Å². The normalized spacial score (nSPS) is 12.3. The Morgan fingerprint density at radius 2 is 1.55 bits per heavy atom. The lowest BCUT2D eigenvalue weighted by Crippen LogP contribution is -2.40. The number of nitrogens with zero attached hydrogens (tertiary/aromatic N) is 1. The van der Waals surface area contributed by atoms with Crippen LogP contribution in [0.1, 0.15) is 27.7 Å². The summed E-state index contributed by atoms with van der Waals surface area (Å²) >= 11 is 0. The van der Waals surface area contributed by atoms with E-state index in [0.29, 0.717) is 33.0 Å². The van der Waals surface area contributed by atoms with Crippen molar-refractivity contribution >= 4 is 7.60 Å². The van der Waals surface area contributed by atoms with Crippen LogP contribution in [0.5, 0.6) is 0 Å². The lowest BCUT2D eigenvalue weighted by molar-refractivity contribution is -0.213. The summed E-state index contributed by atoms with van der Waals surface area (Å²) in [6.07, 6.45) is 1.22. The summed E-state index contributed by atoms with van der Waals surface area (Å²) in [6.45, 7) is 13.1. The zero-order valence-electron chi connectivity index (χ0n) is 13.0. The SMILES string of the molecule is C=CCN(CP(=O)(OCC)OCC)C(OCC)OCC. The van der Waals surface area contributed by atoms with E-state index in [-0.39, 0.29) is 6.29 Å². The molecule has 0 aromatic carbocycles. The lowest BCUT2D eigenvalue weighted by Gasteiger charge is -2.31. The van der Waals surface area contributed by atoms with Crippen molar-refractivity contribution in [2.45, 2.75) is 34.1 Å². The van der Waals surface area contributed by atoms with Gasteiger partial charge in [-0.1, -0.05) is 6.08 Å². The van der Waals surface area contributed by atoms with Crippen LogP contribution in [0.4, 0.5) is 0 Å². The first-order valence-corrected chi connectivity index (χ1v) is 8.75.